The lowest BCUT2D eigenvalue weighted by Gasteiger charge is -2.35. The van der Waals surface area contributed by atoms with Crippen LogP contribution in [0.4, 0.5) is 5.69 Å². The number of carbonyl (C=O) groups is 2. The summed E-state index contributed by atoms with van der Waals surface area (Å²) in [5, 5.41) is 3.08. The molecule has 0 saturated heterocycles. The van der Waals surface area contributed by atoms with Crippen molar-refractivity contribution >= 4 is 27.5 Å². The van der Waals surface area contributed by atoms with E-state index in [4.69, 9.17) is 4.74 Å². The summed E-state index contributed by atoms with van der Waals surface area (Å²) >= 11 is 0. The van der Waals surface area contributed by atoms with E-state index in [2.05, 4.69) is 19.2 Å². The Balaban J connectivity index is 1.83. The number of nitrogens with one attached hydrogen (secondary N) is 1. The molecular formula is C22H33N3O5S. The molecule has 1 aliphatic heterocycles. The van der Waals surface area contributed by atoms with Crippen LogP contribution in [0.25, 0.3) is 0 Å². The van der Waals surface area contributed by atoms with E-state index in [9.17, 15) is 18.0 Å². The van der Waals surface area contributed by atoms with Crippen LogP contribution < -0.4 is 15.0 Å². The van der Waals surface area contributed by atoms with Crippen molar-refractivity contribution in [3.63, 3.8) is 0 Å². The Morgan fingerprint density at radius 3 is 2.61 bits per heavy atom. The molecule has 3 atom stereocenters. The molecule has 2 amide bonds. The summed E-state index contributed by atoms with van der Waals surface area (Å²) in [6, 6.07) is 4.54. The lowest BCUT2D eigenvalue weighted by Crippen LogP contribution is -2.50. The Kier molecular flexibility index (Phi) is 7.26. The van der Waals surface area contributed by atoms with Crippen molar-refractivity contribution in [3.8, 4) is 5.75 Å². The molecule has 2 aliphatic rings. The van der Waals surface area contributed by atoms with Gasteiger partial charge in [-0.05, 0) is 36.5 Å². The minimum Gasteiger partial charge on any atom is -0.482 e. The highest BCUT2D eigenvalue weighted by molar-refractivity contribution is 7.89. The largest absolute Gasteiger partial charge is 0.482 e. The first kappa shape index (κ1) is 23.5. The van der Waals surface area contributed by atoms with Crippen LogP contribution in [0, 0.1) is 11.8 Å². The number of anilines is 1. The average Bonchev–Trinajstić information content (AvgIpc) is 2.74. The summed E-state index contributed by atoms with van der Waals surface area (Å²) in [6.45, 7) is 8.23. The second kappa shape index (κ2) is 9.56. The standard InChI is InChI=1S/C22H33N3O5S/c1-5-24(6-2)31(28,29)17-10-11-20-19(12-17)25(22(27)14-30-20)13-21(26)23-18-9-7-8-15(3)16(18)4/h10-12,15-16,18H,5-9,13-14H2,1-4H3,(H,23,26). The Bertz CT molecular complexity index is 929. The molecule has 1 N–H and O–H groups in total. The normalized spacial score (nSPS) is 24.0. The number of rotatable bonds is 7. The quantitative estimate of drug-likeness (QED) is 0.687. The second-order valence-electron chi connectivity index (χ2n) is 8.43. The van der Waals surface area contributed by atoms with Gasteiger partial charge in [-0.15, -0.1) is 0 Å². The molecule has 31 heavy (non-hydrogen) atoms. The number of sulfonamides is 1. The number of hydrogen-bond donors (Lipinski definition) is 1. The van der Waals surface area contributed by atoms with Gasteiger partial charge in [0, 0.05) is 19.1 Å². The van der Waals surface area contributed by atoms with Gasteiger partial charge in [0.1, 0.15) is 12.3 Å². The molecule has 1 aliphatic carbocycles. The minimum atomic E-state index is -3.70. The van der Waals surface area contributed by atoms with Crippen LogP contribution in [0.1, 0.15) is 47.0 Å². The Hall–Kier alpha value is -2.13. The first-order valence-electron chi connectivity index (χ1n) is 11.1. The number of amides is 2. The van der Waals surface area contributed by atoms with Crippen molar-refractivity contribution in [2.45, 2.75) is 57.9 Å². The van der Waals surface area contributed by atoms with Crippen molar-refractivity contribution in [1.29, 1.82) is 0 Å². The molecular weight excluding hydrogens is 418 g/mol. The maximum atomic E-state index is 12.9. The fourth-order valence-corrected chi connectivity index (χ4v) is 5.89. The highest BCUT2D eigenvalue weighted by Crippen LogP contribution is 2.35. The van der Waals surface area contributed by atoms with Crippen LogP contribution in [-0.4, -0.2) is 56.8 Å². The third-order valence-electron chi connectivity index (χ3n) is 6.57. The van der Waals surface area contributed by atoms with E-state index in [1.165, 1.54) is 21.3 Å². The average molecular weight is 452 g/mol. The van der Waals surface area contributed by atoms with Gasteiger partial charge >= 0.3 is 0 Å². The first-order chi connectivity index (χ1) is 14.7. The van der Waals surface area contributed by atoms with E-state index < -0.39 is 10.0 Å². The Labute approximate surface area is 185 Å². The van der Waals surface area contributed by atoms with Gasteiger partial charge in [0.25, 0.3) is 5.91 Å². The van der Waals surface area contributed by atoms with Crippen LogP contribution in [-0.2, 0) is 19.6 Å². The summed E-state index contributed by atoms with van der Waals surface area (Å²) in [4.78, 5) is 26.8. The molecule has 1 aromatic rings. The smallest absolute Gasteiger partial charge is 0.265 e. The number of carbonyl (C=O) groups excluding carboxylic acids is 2. The molecule has 1 heterocycles. The van der Waals surface area contributed by atoms with Crippen LogP contribution in [0.5, 0.6) is 5.75 Å². The molecule has 1 fully saturated rings. The van der Waals surface area contributed by atoms with E-state index >= 15 is 0 Å². The minimum absolute atomic E-state index is 0.0772. The molecule has 1 aromatic carbocycles. The number of ether oxygens (including phenoxy) is 1. The Morgan fingerprint density at radius 1 is 1.23 bits per heavy atom. The highest BCUT2D eigenvalue weighted by atomic mass is 32.2. The zero-order chi connectivity index (χ0) is 22.8. The van der Waals surface area contributed by atoms with Gasteiger partial charge in [0.2, 0.25) is 15.9 Å². The van der Waals surface area contributed by atoms with Crippen molar-refractivity contribution in [2.24, 2.45) is 11.8 Å². The van der Waals surface area contributed by atoms with Gasteiger partial charge < -0.3 is 10.1 Å². The third kappa shape index (κ3) is 4.87. The van der Waals surface area contributed by atoms with Gasteiger partial charge in [-0.1, -0.05) is 40.5 Å². The van der Waals surface area contributed by atoms with Crippen LogP contribution in [0.2, 0.25) is 0 Å². The van der Waals surface area contributed by atoms with E-state index in [-0.39, 0.29) is 35.9 Å². The van der Waals surface area contributed by atoms with E-state index in [1.54, 1.807) is 19.9 Å². The highest BCUT2D eigenvalue weighted by Gasteiger charge is 2.32. The number of fused-ring (bicyclic) bond motifs is 1. The summed E-state index contributed by atoms with van der Waals surface area (Å²) in [6.07, 6.45) is 3.16. The SMILES string of the molecule is CCN(CC)S(=O)(=O)c1ccc2c(c1)N(CC(=O)NC1CCCC(C)C1C)C(=O)CO2. The van der Waals surface area contributed by atoms with Gasteiger partial charge in [-0.25, -0.2) is 8.42 Å². The summed E-state index contributed by atoms with van der Waals surface area (Å²) in [5.41, 5.74) is 0.310. The maximum absolute atomic E-state index is 12.9. The maximum Gasteiger partial charge on any atom is 0.265 e. The predicted molar refractivity (Wildman–Crippen MR) is 119 cm³/mol. The molecule has 0 aromatic heterocycles. The number of hydrogen-bond acceptors (Lipinski definition) is 5. The molecule has 1 saturated carbocycles. The van der Waals surface area contributed by atoms with E-state index in [0.717, 1.165) is 19.3 Å². The molecule has 172 valence electrons. The van der Waals surface area contributed by atoms with Gasteiger partial charge in [0.15, 0.2) is 6.61 Å². The fraction of sp³-hybridized carbons (Fsp3) is 0.636. The topological polar surface area (TPSA) is 96.0 Å². The summed E-state index contributed by atoms with van der Waals surface area (Å²) in [7, 11) is -3.70. The van der Waals surface area contributed by atoms with Crippen molar-refractivity contribution in [3.05, 3.63) is 18.2 Å². The van der Waals surface area contributed by atoms with Crippen LogP contribution in [0.15, 0.2) is 23.1 Å². The van der Waals surface area contributed by atoms with Crippen molar-refractivity contribution in [2.75, 3.05) is 31.1 Å². The predicted octanol–water partition coefficient (Wildman–Crippen LogP) is 2.38. The molecule has 0 bridgehead atoms. The monoisotopic (exact) mass is 451 g/mol. The number of benzene rings is 1. The molecule has 8 nitrogen and oxygen atoms in total. The first-order valence-corrected chi connectivity index (χ1v) is 12.5. The van der Waals surface area contributed by atoms with Crippen molar-refractivity contribution in [1.82, 2.24) is 9.62 Å². The molecule has 0 radical (unpaired) electrons. The molecule has 3 unspecified atom stereocenters. The second-order valence-corrected chi connectivity index (χ2v) is 10.4. The van der Waals surface area contributed by atoms with Gasteiger partial charge in [0.05, 0.1) is 10.6 Å². The molecule has 3 rings (SSSR count). The third-order valence-corrected chi connectivity index (χ3v) is 8.62. The zero-order valence-electron chi connectivity index (χ0n) is 18.8. The Morgan fingerprint density at radius 2 is 1.94 bits per heavy atom. The lowest BCUT2D eigenvalue weighted by molar-refractivity contribution is -0.126. The van der Waals surface area contributed by atoms with E-state index in [0.29, 0.717) is 36.4 Å². The summed E-state index contributed by atoms with van der Waals surface area (Å²) < 4.78 is 32.7. The van der Waals surface area contributed by atoms with Crippen LogP contribution >= 0.6 is 0 Å². The zero-order valence-corrected chi connectivity index (χ0v) is 19.6. The van der Waals surface area contributed by atoms with E-state index in [1.807, 2.05) is 0 Å². The molecule has 9 heteroatoms. The number of nitrogens with zero attached hydrogens (tertiary/aromatic N) is 2. The van der Waals surface area contributed by atoms with Gasteiger partial charge in [-0.3, -0.25) is 14.5 Å². The summed E-state index contributed by atoms with van der Waals surface area (Å²) in [5.74, 6) is 0.689. The van der Waals surface area contributed by atoms with Gasteiger partial charge in [-0.2, -0.15) is 4.31 Å². The van der Waals surface area contributed by atoms with Crippen molar-refractivity contribution < 1.29 is 22.7 Å². The lowest BCUT2D eigenvalue weighted by atomic mass is 9.78. The molecule has 0 spiro atoms. The van der Waals surface area contributed by atoms with Crippen LogP contribution in [0.3, 0.4) is 0 Å². The fourth-order valence-electron chi connectivity index (χ4n) is 4.41.